The average molecular weight is 398 g/mol. The van der Waals surface area contributed by atoms with Crippen molar-refractivity contribution in [3.8, 4) is 0 Å². The van der Waals surface area contributed by atoms with Crippen molar-refractivity contribution in [3.63, 3.8) is 0 Å². The molecule has 1 saturated carbocycles. The summed E-state index contributed by atoms with van der Waals surface area (Å²) in [5.74, 6) is 2.54. The normalized spacial score (nSPS) is 15.3. The summed E-state index contributed by atoms with van der Waals surface area (Å²) in [6.45, 7) is 5.35. The third-order valence-corrected chi connectivity index (χ3v) is 6.52. The number of thioether (sulfide) groups is 1. The molecule has 0 bridgehead atoms. The zero-order chi connectivity index (χ0) is 19.3. The van der Waals surface area contributed by atoms with Crippen molar-refractivity contribution in [2.75, 3.05) is 5.75 Å². The molecule has 0 radical (unpaired) electrons. The van der Waals surface area contributed by atoms with Gasteiger partial charge in [0.25, 0.3) is 0 Å². The van der Waals surface area contributed by atoms with Crippen LogP contribution >= 0.6 is 11.8 Å². The molecule has 1 aliphatic rings. The summed E-state index contributed by atoms with van der Waals surface area (Å²) in [4.78, 5) is 15.1. The van der Waals surface area contributed by atoms with Crippen LogP contribution in [0, 0.1) is 0 Å². The fourth-order valence-electron chi connectivity index (χ4n) is 4.09. The minimum atomic E-state index is -0.0411. The number of benzene rings is 1. The highest BCUT2D eigenvalue weighted by Gasteiger charge is 2.22. The largest absolute Gasteiger partial charge is 0.326 e. The third-order valence-electron chi connectivity index (χ3n) is 5.47. The Bertz CT molecular complexity index is 996. The molecule has 6 nitrogen and oxygen atoms in total. The van der Waals surface area contributed by atoms with Crippen LogP contribution in [0.5, 0.6) is 0 Å². The molecule has 0 aliphatic heterocycles. The highest BCUT2D eigenvalue weighted by atomic mass is 32.2. The molecule has 1 N–H and O–H groups in total. The molecule has 4 rings (SSSR count). The second-order valence-electron chi connectivity index (χ2n) is 7.38. The zero-order valence-corrected chi connectivity index (χ0v) is 17.0. The van der Waals surface area contributed by atoms with Crippen molar-refractivity contribution < 1.29 is 0 Å². The maximum absolute atomic E-state index is 12.2. The second kappa shape index (κ2) is 8.82. The Morgan fingerprint density at radius 3 is 2.82 bits per heavy atom. The minimum absolute atomic E-state index is 0.0411. The van der Waals surface area contributed by atoms with Crippen molar-refractivity contribution in [3.05, 3.63) is 53.2 Å². The van der Waals surface area contributed by atoms with Gasteiger partial charge in [0.1, 0.15) is 5.82 Å². The van der Waals surface area contributed by atoms with Gasteiger partial charge in [0.15, 0.2) is 5.16 Å². The van der Waals surface area contributed by atoms with E-state index in [0.29, 0.717) is 12.5 Å². The molecular weight excluding hydrogens is 370 g/mol. The van der Waals surface area contributed by atoms with E-state index in [1.807, 2.05) is 34.9 Å². The molecule has 0 atom stereocenters. The molecule has 28 heavy (non-hydrogen) atoms. The molecular formula is C21H27N5OS. The smallest absolute Gasteiger partial charge is 0.306 e. The number of hydrogen-bond donors (Lipinski definition) is 1. The number of fused-ring (bicyclic) bond motifs is 1. The number of nitrogens with zero attached hydrogens (tertiary/aromatic N) is 4. The molecule has 1 aliphatic carbocycles. The predicted molar refractivity (Wildman–Crippen MR) is 114 cm³/mol. The molecule has 0 saturated heterocycles. The number of aromatic nitrogens is 5. The quantitative estimate of drug-likeness (QED) is 0.349. The molecule has 0 amide bonds. The number of rotatable bonds is 8. The van der Waals surface area contributed by atoms with Crippen LogP contribution < -0.4 is 5.69 Å². The first kappa shape index (κ1) is 19.1. The van der Waals surface area contributed by atoms with E-state index in [-0.39, 0.29) is 5.69 Å². The van der Waals surface area contributed by atoms with Crippen molar-refractivity contribution >= 4 is 22.8 Å². The molecule has 2 heterocycles. The predicted octanol–water partition coefficient (Wildman–Crippen LogP) is 4.34. The summed E-state index contributed by atoms with van der Waals surface area (Å²) in [5.41, 5.74) is 1.82. The van der Waals surface area contributed by atoms with Crippen LogP contribution in [0.4, 0.5) is 0 Å². The number of aromatic amines is 1. The highest BCUT2D eigenvalue weighted by Crippen LogP contribution is 2.33. The monoisotopic (exact) mass is 397 g/mol. The first-order valence-corrected chi connectivity index (χ1v) is 11.1. The summed E-state index contributed by atoms with van der Waals surface area (Å²) in [5, 5.41) is 9.96. The maximum Gasteiger partial charge on any atom is 0.326 e. The number of aryl methyl sites for hydroxylation is 1. The van der Waals surface area contributed by atoms with Crippen LogP contribution in [0.25, 0.3) is 11.0 Å². The Balaban J connectivity index is 1.40. The molecule has 1 aromatic carbocycles. The topological polar surface area (TPSA) is 68.5 Å². The molecule has 0 spiro atoms. The van der Waals surface area contributed by atoms with Gasteiger partial charge in [-0.1, -0.05) is 49.2 Å². The van der Waals surface area contributed by atoms with Crippen LogP contribution in [0.15, 0.2) is 46.9 Å². The Kier molecular flexibility index (Phi) is 6.00. The number of nitrogens with one attached hydrogen (secondary N) is 1. The van der Waals surface area contributed by atoms with E-state index in [1.165, 1.54) is 32.1 Å². The zero-order valence-electron chi connectivity index (χ0n) is 16.1. The van der Waals surface area contributed by atoms with Crippen LogP contribution in [0.3, 0.4) is 0 Å². The lowest BCUT2D eigenvalue weighted by Gasteiger charge is -2.21. The van der Waals surface area contributed by atoms with Gasteiger partial charge in [0.2, 0.25) is 0 Å². The Labute approximate surface area is 169 Å². The van der Waals surface area contributed by atoms with E-state index in [0.717, 1.165) is 40.7 Å². The number of para-hydroxylation sites is 2. The number of imidazole rings is 1. The standard InChI is InChI=1S/C21H27N5OS/c1-2-13-26-19(16-9-4-3-5-10-16)23-24-21(26)28-15-8-14-25-18-12-7-6-11-17(18)22-20(25)27/h2,6-7,11-12,16H,1,3-5,8-10,13-15H2,(H,22,27). The minimum Gasteiger partial charge on any atom is -0.306 e. The lowest BCUT2D eigenvalue weighted by atomic mass is 9.89. The van der Waals surface area contributed by atoms with E-state index >= 15 is 0 Å². The van der Waals surface area contributed by atoms with Gasteiger partial charge in [-0.3, -0.25) is 4.57 Å². The van der Waals surface area contributed by atoms with Gasteiger partial charge in [-0.25, -0.2) is 4.79 Å². The van der Waals surface area contributed by atoms with Gasteiger partial charge in [0.05, 0.1) is 11.0 Å². The number of H-pyrrole nitrogens is 1. The summed E-state index contributed by atoms with van der Waals surface area (Å²) in [6, 6.07) is 7.82. The third kappa shape index (κ3) is 3.94. The van der Waals surface area contributed by atoms with Crippen molar-refractivity contribution in [2.24, 2.45) is 0 Å². The van der Waals surface area contributed by atoms with E-state index in [4.69, 9.17) is 0 Å². The fourth-order valence-corrected chi connectivity index (χ4v) is 4.96. The van der Waals surface area contributed by atoms with Crippen molar-refractivity contribution in [1.29, 1.82) is 0 Å². The summed E-state index contributed by atoms with van der Waals surface area (Å²) < 4.78 is 4.04. The van der Waals surface area contributed by atoms with Crippen molar-refractivity contribution in [1.82, 2.24) is 24.3 Å². The second-order valence-corrected chi connectivity index (χ2v) is 8.44. The molecule has 0 unspecified atom stereocenters. The van der Waals surface area contributed by atoms with Crippen molar-refractivity contribution in [2.45, 2.75) is 62.7 Å². The summed E-state index contributed by atoms with van der Waals surface area (Å²) >= 11 is 1.72. The SMILES string of the molecule is C=CCn1c(SCCCn2c(=O)[nH]c3ccccc32)nnc1C1CCCCC1. The summed E-state index contributed by atoms with van der Waals surface area (Å²) in [6.07, 6.45) is 9.14. The maximum atomic E-state index is 12.2. The van der Waals surface area contributed by atoms with Crippen LogP contribution in [0.1, 0.15) is 50.3 Å². The number of allylic oxidation sites excluding steroid dienone is 1. The van der Waals surface area contributed by atoms with E-state index < -0.39 is 0 Å². The van der Waals surface area contributed by atoms with Crippen LogP contribution in [-0.2, 0) is 13.1 Å². The van der Waals surface area contributed by atoms with Gasteiger partial charge >= 0.3 is 5.69 Å². The van der Waals surface area contributed by atoms with Crippen LogP contribution in [0.2, 0.25) is 0 Å². The molecule has 1 fully saturated rings. The Morgan fingerprint density at radius 2 is 2.00 bits per heavy atom. The van der Waals surface area contributed by atoms with Gasteiger partial charge in [0, 0.05) is 24.8 Å². The first-order valence-electron chi connectivity index (χ1n) is 10.1. The first-order chi connectivity index (χ1) is 13.8. The molecule has 7 heteroatoms. The molecule has 2 aromatic heterocycles. The molecule has 3 aromatic rings. The Morgan fingerprint density at radius 1 is 1.18 bits per heavy atom. The molecule has 148 valence electrons. The fraction of sp³-hybridized carbons (Fsp3) is 0.476. The average Bonchev–Trinajstić information content (AvgIpc) is 3.26. The van der Waals surface area contributed by atoms with E-state index in [9.17, 15) is 4.79 Å². The van der Waals surface area contributed by atoms with Crippen LogP contribution in [-0.4, -0.2) is 30.1 Å². The Hall–Kier alpha value is -2.28. The van der Waals surface area contributed by atoms with Gasteiger partial charge < -0.3 is 9.55 Å². The highest BCUT2D eigenvalue weighted by molar-refractivity contribution is 7.99. The van der Waals surface area contributed by atoms with E-state index in [1.54, 1.807) is 11.8 Å². The lowest BCUT2D eigenvalue weighted by Crippen LogP contribution is -2.17. The van der Waals surface area contributed by atoms with E-state index in [2.05, 4.69) is 26.3 Å². The van der Waals surface area contributed by atoms with Gasteiger partial charge in [-0.05, 0) is 31.4 Å². The lowest BCUT2D eigenvalue weighted by molar-refractivity contribution is 0.415. The van der Waals surface area contributed by atoms with Gasteiger partial charge in [-0.15, -0.1) is 16.8 Å². The number of hydrogen-bond acceptors (Lipinski definition) is 4. The summed E-state index contributed by atoms with van der Waals surface area (Å²) in [7, 11) is 0. The van der Waals surface area contributed by atoms with Gasteiger partial charge in [-0.2, -0.15) is 0 Å².